The second kappa shape index (κ2) is 5.56. The van der Waals surface area contributed by atoms with Crippen molar-refractivity contribution in [2.24, 2.45) is 0 Å². The summed E-state index contributed by atoms with van der Waals surface area (Å²) in [4.78, 5) is 26.8. The van der Waals surface area contributed by atoms with Gasteiger partial charge in [-0.1, -0.05) is 0 Å². The molecule has 6 nitrogen and oxygen atoms in total. The topological polar surface area (TPSA) is 91.3 Å². The molecule has 0 radical (unpaired) electrons. The van der Waals surface area contributed by atoms with Gasteiger partial charge in [-0.2, -0.15) is 0 Å². The predicted molar refractivity (Wildman–Crippen MR) is 73.1 cm³/mol. The molecule has 0 spiro atoms. The molecule has 0 saturated heterocycles. The minimum atomic E-state index is -0.954. The molecule has 0 aliphatic carbocycles. The molecule has 0 saturated carbocycles. The first-order chi connectivity index (χ1) is 8.62. The highest BCUT2D eigenvalue weighted by Crippen LogP contribution is 2.22. The highest BCUT2D eigenvalue weighted by Gasteiger charge is 2.29. The molecular weight excluding hydrogens is 266 g/mol. The van der Waals surface area contributed by atoms with Gasteiger partial charge < -0.3 is 15.7 Å². The molecule has 0 atom stereocenters. The van der Waals surface area contributed by atoms with Crippen molar-refractivity contribution in [3.63, 3.8) is 0 Å². The highest BCUT2D eigenvalue weighted by molar-refractivity contribution is 7.09. The average molecular weight is 285 g/mol. The smallest absolute Gasteiger partial charge is 0.315 e. The van der Waals surface area contributed by atoms with Crippen LogP contribution in [0.2, 0.25) is 0 Å². The Hall–Kier alpha value is -1.63. The number of carbonyl (C=O) groups excluding carboxylic acids is 1. The minimum absolute atomic E-state index is 0.141. The van der Waals surface area contributed by atoms with E-state index in [1.54, 1.807) is 20.0 Å². The van der Waals surface area contributed by atoms with E-state index in [4.69, 9.17) is 5.11 Å². The zero-order valence-corrected chi connectivity index (χ0v) is 12.3. The van der Waals surface area contributed by atoms with Crippen LogP contribution in [0.15, 0.2) is 11.6 Å². The SMILES string of the molecule is CC(C)(CC(=O)O)NC(=O)NC(C)(C)c1nccs1. The molecule has 7 heteroatoms. The summed E-state index contributed by atoms with van der Waals surface area (Å²) >= 11 is 1.45. The summed E-state index contributed by atoms with van der Waals surface area (Å²) in [6.07, 6.45) is 1.54. The Kier molecular flexibility index (Phi) is 4.52. The van der Waals surface area contributed by atoms with Gasteiger partial charge in [-0.3, -0.25) is 4.79 Å². The standard InChI is InChI=1S/C12H19N3O3S/c1-11(2,7-8(16)17)14-10(18)15-12(3,4)9-13-5-6-19-9/h5-6H,7H2,1-4H3,(H,16,17)(H2,14,15,18). The van der Waals surface area contributed by atoms with Crippen molar-refractivity contribution in [2.75, 3.05) is 0 Å². The van der Waals surface area contributed by atoms with Crippen LogP contribution in [0.4, 0.5) is 4.79 Å². The van der Waals surface area contributed by atoms with Gasteiger partial charge in [0.15, 0.2) is 0 Å². The van der Waals surface area contributed by atoms with E-state index in [2.05, 4.69) is 15.6 Å². The van der Waals surface area contributed by atoms with Gasteiger partial charge in [0.25, 0.3) is 0 Å². The molecule has 19 heavy (non-hydrogen) atoms. The maximum atomic E-state index is 11.9. The Morgan fingerprint density at radius 2 is 1.95 bits per heavy atom. The maximum absolute atomic E-state index is 11.9. The first-order valence-corrected chi connectivity index (χ1v) is 6.72. The average Bonchev–Trinajstić information content (AvgIpc) is 2.64. The van der Waals surface area contributed by atoms with Gasteiger partial charge in [0, 0.05) is 17.1 Å². The van der Waals surface area contributed by atoms with Crippen LogP contribution >= 0.6 is 11.3 Å². The molecule has 0 aromatic carbocycles. The molecule has 0 aliphatic heterocycles. The third kappa shape index (κ3) is 4.86. The number of hydrogen-bond acceptors (Lipinski definition) is 4. The lowest BCUT2D eigenvalue weighted by Gasteiger charge is -2.29. The molecule has 1 aromatic rings. The van der Waals surface area contributed by atoms with Crippen LogP contribution in [-0.4, -0.2) is 27.6 Å². The first-order valence-electron chi connectivity index (χ1n) is 5.84. The van der Waals surface area contributed by atoms with Crippen molar-refractivity contribution in [1.82, 2.24) is 15.6 Å². The molecule has 106 valence electrons. The molecule has 0 unspecified atom stereocenters. The van der Waals surface area contributed by atoms with Gasteiger partial charge in [-0.25, -0.2) is 9.78 Å². The summed E-state index contributed by atoms with van der Waals surface area (Å²) in [5.74, 6) is -0.954. The molecule has 0 fully saturated rings. The predicted octanol–water partition coefficient (Wildman–Crippen LogP) is 1.93. The number of carbonyl (C=O) groups is 2. The van der Waals surface area contributed by atoms with Crippen molar-refractivity contribution < 1.29 is 14.7 Å². The molecule has 1 heterocycles. The van der Waals surface area contributed by atoms with Gasteiger partial charge >= 0.3 is 12.0 Å². The largest absolute Gasteiger partial charge is 0.481 e. The van der Waals surface area contributed by atoms with Gasteiger partial charge in [-0.05, 0) is 27.7 Å². The highest BCUT2D eigenvalue weighted by atomic mass is 32.1. The van der Waals surface area contributed by atoms with E-state index in [9.17, 15) is 9.59 Å². The molecule has 0 bridgehead atoms. The monoisotopic (exact) mass is 285 g/mol. The van der Waals surface area contributed by atoms with Gasteiger partial charge in [0.1, 0.15) is 5.01 Å². The number of aromatic nitrogens is 1. The molecule has 0 aliphatic rings. The van der Waals surface area contributed by atoms with Crippen LogP contribution < -0.4 is 10.6 Å². The quantitative estimate of drug-likeness (QED) is 0.771. The van der Waals surface area contributed by atoms with Crippen LogP contribution in [0, 0.1) is 0 Å². The number of rotatable bonds is 5. The Morgan fingerprint density at radius 3 is 2.42 bits per heavy atom. The first kappa shape index (κ1) is 15.4. The Bertz CT molecular complexity index is 455. The van der Waals surface area contributed by atoms with E-state index in [0.717, 1.165) is 5.01 Å². The van der Waals surface area contributed by atoms with Crippen molar-refractivity contribution in [1.29, 1.82) is 0 Å². The molecule has 1 aromatic heterocycles. The minimum Gasteiger partial charge on any atom is -0.481 e. The van der Waals surface area contributed by atoms with Crippen molar-refractivity contribution in [3.8, 4) is 0 Å². The Labute approximate surface area is 116 Å². The second-order valence-corrected chi connectivity index (χ2v) is 6.39. The Morgan fingerprint density at radius 1 is 1.32 bits per heavy atom. The van der Waals surface area contributed by atoms with Crippen LogP contribution in [0.3, 0.4) is 0 Å². The zero-order chi connectivity index (χ0) is 14.7. The summed E-state index contributed by atoms with van der Waals surface area (Å²) in [6, 6.07) is -0.411. The summed E-state index contributed by atoms with van der Waals surface area (Å²) < 4.78 is 0. The number of amides is 2. The third-order valence-electron chi connectivity index (χ3n) is 2.44. The van der Waals surface area contributed by atoms with E-state index >= 15 is 0 Å². The fourth-order valence-corrected chi connectivity index (χ4v) is 2.35. The van der Waals surface area contributed by atoms with Gasteiger partial charge in [-0.15, -0.1) is 11.3 Å². The van der Waals surface area contributed by atoms with E-state index in [1.807, 2.05) is 19.2 Å². The fraction of sp³-hybridized carbons (Fsp3) is 0.583. The zero-order valence-electron chi connectivity index (χ0n) is 11.5. The summed E-state index contributed by atoms with van der Waals surface area (Å²) in [5, 5.41) is 16.8. The number of thiazole rings is 1. The molecule has 2 amide bonds. The molecule has 3 N–H and O–H groups in total. The fourth-order valence-electron chi connectivity index (χ4n) is 1.63. The van der Waals surface area contributed by atoms with Crippen LogP contribution in [0.5, 0.6) is 0 Å². The molecule has 1 rings (SSSR count). The number of carboxylic acid groups (broad SMARTS) is 1. The van der Waals surface area contributed by atoms with Crippen LogP contribution in [0.1, 0.15) is 39.1 Å². The lowest BCUT2D eigenvalue weighted by molar-refractivity contribution is -0.138. The number of nitrogens with one attached hydrogen (secondary N) is 2. The number of nitrogens with zero attached hydrogens (tertiary/aromatic N) is 1. The van der Waals surface area contributed by atoms with Crippen LogP contribution in [-0.2, 0) is 10.3 Å². The lowest BCUT2D eigenvalue weighted by Crippen LogP contribution is -2.53. The lowest BCUT2D eigenvalue weighted by atomic mass is 10.0. The maximum Gasteiger partial charge on any atom is 0.315 e. The van der Waals surface area contributed by atoms with E-state index in [-0.39, 0.29) is 6.42 Å². The van der Waals surface area contributed by atoms with Crippen molar-refractivity contribution >= 4 is 23.3 Å². The van der Waals surface area contributed by atoms with Gasteiger partial charge in [0.2, 0.25) is 0 Å². The summed E-state index contributed by atoms with van der Waals surface area (Å²) in [7, 11) is 0. The van der Waals surface area contributed by atoms with E-state index in [1.165, 1.54) is 11.3 Å². The molecular formula is C12H19N3O3S. The number of aliphatic carboxylic acids is 1. The van der Waals surface area contributed by atoms with E-state index in [0.29, 0.717) is 0 Å². The third-order valence-corrected chi connectivity index (χ3v) is 3.53. The van der Waals surface area contributed by atoms with Crippen molar-refractivity contribution in [3.05, 3.63) is 16.6 Å². The van der Waals surface area contributed by atoms with E-state index < -0.39 is 23.1 Å². The van der Waals surface area contributed by atoms with Crippen molar-refractivity contribution in [2.45, 2.75) is 45.2 Å². The number of hydrogen-bond donors (Lipinski definition) is 3. The summed E-state index contributed by atoms with van der Waals surface area (Å²) in [5.41, 5.74) is -1.41. The summed E-state index contributed by atoms with van der Waals surface area (Å²) in [6.45, 7) is 7.01. The Balaban J connectivity index is 2.63. The van der Waals surface area contributed by atoms with Gasteiger partial charge in [0.05, 0.1) is 12.0 Å². The normalized spacial score (nSPS) is 12.0. The second-order valence-electron chi connectivity index (χ2n) is 5.50. The van der Waals surface area contributed by atoms with Crippen LogP contribution in [0.25, 0.3) is 0 Å². The number of carboxylic acids is 1. The number of urea groups is 1.